The fourth-order valence-electron chi connectivity index (χ4n) is 3.56. The fourth-order valence-corrected chi connectivity index (χ4v) is 3.56. The van der Waals surface area contributed by atoms with Crippen molar-refractivity contribution >= 4 is 17.4 Å². The van der Waals surface area contributed by atoms with Gasteiger partial charge in [0.05, 0.1) is 6.54 Å². The summed E-state index contributed by atoms with van der Waals surface area (Å²) in [5, 5.41) is 14.2. The van der Waals surface area contributed by atoms with Crippen LogP contribution in [0.25, 0.3) is 22.5 Å². The lowest BCUT2D eigenvalue weighted by Crippen LogP contribution is -2.36. The molecule has 0 aliphatic rings. The number of H-pyrrole nitrogens is 1. The molecule has 0 aliphatic carbocycles. The van der Waals surface area contributed by atoms with Crippen molar-refractivity contribution in [3.8, 4) is 22.5 Å². The average molecular weight is 425 g/mol. The number of ketones is 1. The van der Waals surface area contributed by atoms with Crippen molar-refractivity contribution in [1.82, 2.24) is 20.6 Å². The summed E-state index contributed by atoms with van der Waals surface area (Å²) in [7, 11) is 0. The third kappa shape index (κ3) is 4.62. The van der Waals surface area contributed by atoms with E-state index in [1.807, 2.05) is 85.8 Å². The van der Waals surface area contributed by atoms with Gasteiger partial charge in [-0.25, -0.2) is 5.10 Å². The summed E-state index contributed by atoms with van der Waals surface area (Å²) in [4.78, 5) is 26.7. The summed E-state index contributed by atoms with van der Waals surface area (Å²) < 4.78 is 0. The summed E-state index contributed by atoms with van der Waals surface area (Å²) in [6.07, 6.45) is 0.885. The number of hydrogen-bond donors (Lipinski definition) is 1. The topological polar surface area (TPSA) is 91.8 Å². The lowest BCUT2D eigenvalue weighted by atomic mass is 9.98. The monoisotopic (exact) mass is 425 g/mol. The van der Waals surface area contributed by atoms with Gasteiger partial charge >= 0.3 is 0 Å². The molecular formula is C25H23N5O2. The first-order chi connectivity index (χ1) is 15.7. The number of anilines is 1. The maximum atomic E-state index is 12.9. The van der Waals surface area contributed by atoms with E-state index < -0.39 is 5.91 Å². The molecule has 7 nitrogen and oxygen atoms in total. The predicted octanol–water partition coefficient (Wildman–Crippen LogP) is 4.44. The number of nitrogens with zero attached hydrogens (tertiary/aromatic N) is 4. The van der Waals surface area contributed by atoms with Crippen molar-refractivity contribution in [2.45, 2.75) is 26.3 Å². The zero-order chi connectivity index (χ0) is 22.3. The second-order valence-electron chi connectivity index (χ2n) is 7.39. The minimum atomic E-state index is -0.481. The molecule has 0 saturated carbocycles. The number of aromatic nitrogens is 4. The second kappa shape index (κ2) is 9.78. The Bertz CT molecular complexity index is 1190. The highest BCUT2D eigenvalue weighted by molar-refractivity contribution is 6.41. The van der Waals surface area contributed by atoms with Gasteiger partial charge in [0.1, 0.15) is 0 Å². The summed E-state index contributed by atoms with van der Waals surface area (Å²) in [5.74, 6) is -0.257. The van der Waals surface area contributed by atoms with E-state index in [-0.39, 0.29) is 12.2 Å². The Morgan fingerprint density at radius 2 is 1.56 bits per heavy atom. The van der Waals surface area contributed by atoms with Crippen LogP contribution >= 0.6 is 0 Å². The molecule has 0 atom stereocenters. The Morgan fingerprint density at radius 3 is 2.22 bits per heavy atom. The van der Waals surface area contributed by atoms with E-state index in [1.165, 1.54) is 0 Å². The van der Waals surface area contributed by atoms with E-state index in [2.05, 4.69) is 20.6 Å². The maximum Gasteiger partial charge on any atom is 0.294 e. The number of amides is 1. The Hall–Kier alpha value is -4.13. The van der Waals surface area contributed by atoms with E-state index in [0.717, 1.165) is 22.3 Å². The number of tetrazole rings is 1. The normalized spacial score (nSPS) is 10.7. The SMILES string of the molecule is CCCC(=O)C(=O)N(Cc1ccc(-c2ccccc2-c2nnn[nH]2)cc1)c1ccccc1. The largest absolute Gasteiger partial charge is 0.301 e. The molecule has 0 fully saturated rings. The molecule has 1 heterocycles. The lowest BCUT2D eigenvalue weighted by Gasteiger charge is -2.22. The van der Waals surface area contributed by atoms with Crippen LogP contribution in [0.15, 0.2) is 78.9 Å². The summed E-state index contributed by atoms with van der Waals surface area (Å²) in [6.45, 7) is 2.20. The molecule has 0 bridgehead atoms. The van der Waals surface area contributed by atoms with Gasteiger partial charge in [-0.05, 0) is 45.7 Å². The van der Waals surface area contributed by atoms with Crippen molar-refractivity contribution in [2.24, 2.45) is 0 Å². The number of para-hydroxylation sites is 1. The molecule has 4 rings (SSSR count). The molecule has 0 saturated heterocycles. The number of rotatable bonds is 8. The molecule has 4 aromatic rings. The average Bonchev–Trinajstić information content (AvgIpc) is 3.38. The van der Waals surface area contributed by atoms with Gasteiger partial charge in [0.2, 0.25) is 5.78 Å². The Labute approximate surface area is 186 Å². The van der Waals surface area contributed by atoms with Crippen LogP contribution in [0.1, 0.15) is 25.3 Å². The molecule has 1 N–H and O–H groups in total. The van der Waals surface area contributed by atoms with Gasteiger partial charge in [-0.1, -0.05) is 73.7 Å². The van der Waals surface area contributed by atoms with Gasteiger partial charge in [0.25, 0.3) is 5.91 Å². The molecule has 1 amide bonds. The highest BCUT2D eigenvalue weighted by Gasteiger charge is 2.22. The van der Waals surface area contributed by atoms with Crippen LogP contribution in [0.5, 0.6) is 0 Å². The second-order valence-corrected chi connectivity index (χ2v) is 7.39. The van der Waals surface area contributed by atoms with E-state index >= 15 is 0 Å². The molecular weight excluding hydrogens is 402 g/mol. The number of benzene rings is 3. The number of carbonyl (C=O) groups is 2. The van der Waals surface area contributed by atoms with Crippen LogP contribution in [-0.4, -0.2) is 32.3 Å². The van der Waals surface area contributed by atoms with Crippen molar-refractivity contribution in [3.05, 3.63) is 84.4 Å². The van der Waals surface area contributed by atoms with Crippen LogP contribution in [0, 0.1) is 0 Å². The van der Waals surface area contributed by atoms with Crippen molar-refractivity contribution in [3.63, 3.8) is 0 Å². The van der Waals surface area contributed by atoms with E-state index in [4.69, 9.17) is 0 Å². The fraction of sp³-hybridized carbons (Fsp3) is 0.160. The summed E-state index contributed by atoms with van der Waals surface area (Å²) in [6, 6.07) is 25.1. The molecule has 3 aromatic carbocycles. The van der Waals surface area contributed by atoms with Gasteiger partial charge in [0.15, 0.2) is 5.82 Å². The molecule has 0 spiro atoms. The van der Waals surface area contributed by atoms with Gasteiger partial charge in [-0.2, -0.15) is 0 Å². The smallest absolute Gasteiger partial charge is 0.294 e. The van der Waals surface area contributed by atoms with E-state index in [0.29, 0.717) is 24.5 Å². The molecule has 7 heteroatoms. The zero-order valence-electron chi connectivity index (χ0n) is 17.7. The molecule has 160 valence electrons. The number of nitrogens with one attached hydrogen (secondary N) is 1. The molecule has 0 radical (unpaired) electrons. The van der Waals surface area contributed by atoms with Crippen LogP contribution < -0.4 is 4.90 Å². The first-order valence-corrected chi connectivity index (χ1v) is 10.5. The maximum absolute atomic E-state index is 12.9. The highest BCUT2D eigenvalue weighted by Crippen LogP contribution is 2.30. The number of aromatic amines is 1. The standard InChI is InChI=1S/C25H23N5O2/c1-2-8-23(31)25(32)30(20-9-4-3-5-10-20)17-18-13-15-19(16-14-18)21-11-6-7-12-22(21)24-26-28-29-27-24/h3-7,9-16H,2,8,17H2,1H3,(H,26,27,28,29). The van der Waals surface area contributed by atoms with Gasteiger partial charge in [-0.15, -0.1) is 5.10 Å². The van der Waals surface area contributed by atoms with Crippen molar-refractivity contribution in [1.29, 1.82) is 0 Å². The Kier molecular flexibility index (Phi) is 6.46. The molecule has 0 unspecified atom stereocenters. The van der Waals surface area contributed by atoms with Crippen molar-refractivity contribution in [2.75, 3.05) is 4.90 Å². The van der Waals surface area contributed by atoms with Crippen molar-refractivity contribution < 1.29 is 9.59 Å². The predicted molar refractivity (Wildman–Crippen MR) is 123 cm³/mol. The minimum absolute atomic E-state index is 0.244. The minimum Gasteiger partial charge on any atom is -0.301 e. The van der Waals surface area contributed by atoms with Crippen LogP contribution in [0.4, 0.5) is 5.69 Å². The molecule has 1 aromatic heterocycles. The molecule has 0 aliphatic heterocycles. The van der Waals surface area contributed by atoms with Gasteiger partial charge in [-0.3, -0.25) is 9.59 Å². The number of carbonyl (C=O) groups excluding carboxylic acids is 2. The Balaban J connectivity index is 1.61. The van der Waals surface area contributed by atoms with Gasteiger partial charge in [0, 0.05) is 17.7 Å². The van der Waals surface area contributed by atoms with E-state index in [1.54, 1.807) is 4.90 Å². The van der Waals surface area contributed by atoms with Gasteiger partial charge < -0.3 is 4.90 Å². The molecule has 32 heavy (non-hydrogen) atoms. The quantitative estimate of drug-likeness (QED) is 0.422. The van der Waals surface area contributed by atoms with E-state index in [9.17, 15) is 9.59 Å². The highest BCUT2D eigenvalue weighted by atomic mass is 16.2. The summed E-state index contributed by atoms with van der Waals surface area (Å²) >= 11 is 0. The van der Waals surface area contributed by atoms with Crippen LogP contribution in [-0.2, 0) is 16.1 Å². The zero-order valence-corrected chi connectivity index (χ0v) is 17.7. The van der Waals surface area contributed by atoms with Crippen LogP contribution in [0.3, 0.4) is 0 Å². The summed E-state index contributed by atoms with van der Waals surface area (Å²) in [5.41, 5.74) is 4.52. The first kappa shape index (κ1) is 21.1. The third-order valence-electron chi connectivity index (χ3n) is 5.16. The lowest BCUT2D eigenvalue weighted by molar-refractivity contribution is -0.136. The number of Topliss-reactive ketones (excluding diaryl/α,β-unsaturated/α-hetero) is 1. The first-order valence-electron chi connectivity index (χ1n) is 10.5. The van der Waals surface area contributed by atoms with Crippen LogP contribution in [0.2, 0.25) is 0 Å². The number of hydrogen-bond acceptors (Lipinski definition) is 5. The third-order valence-corrected chi connectivity index (χ3v) is 5.16. The Morgan fingerprint density at radius 1 is 0.875 bits per heavy atom.